The highest BCUT2D eigenvalue weighted by molar-refractivity contribution is 7.11. The lowest BCUT2D eigenvalue weighted by molar-refractivity contribution is 0.415. The van der Waals surface area contributed by atoms with Gasteiger partial charge < -0.3 is 10.1 Å². The number of aryl methyl sites for hydroxylation is 1. The molecule has 0 aliphatic rings. The Kier molecular flexibility index (Phi) is 3.52. The molecular weight excluding hydrogens is 270 g/mol. The van der Waals surface area contributed by atoms with Crippen LogP contribution >= 0.6 is 11.3 Å². The summed E-state index contributed by atoms with van der Waals surface area (Å²) < 4.78 is 5.28. The van der Waals surface area contributed by atoms with E-state index in [1.54, 1.807) is 18.4 Å². The van der Waals surface area contributed by atoms with Crippen molar-refractivity contribution in [2.75, 3.05) is 12.4 Å². The molecule has 0 aliphatic heterocycles. The van der Waals surface area contributed by atoms with Crippen LogP contribution in [-0.2, 0) is 6.54 Å². The predicted octanol–water partition coefficient (Wildman–Crippen LogP) is 3.62. The Balaban J connectivity index is 1.90. The number of hydrogen-bond acceptors (Lipinski definition) is 5. The van der Waals surface area contributed by atoms with E-state index in [2.05, 4.69) is 15.3 Å². The molecule has 3 rings (SSSR count). The van der Waals surface area contributed by atoms with Crippen LogP contribution in [0.4, 0.5) is 5.82 Å². The number of nitrogens with one attached hydrogen (secondary N) is 1. The zero-order chi connectivity index (χ0) is 13.9. The molecule has 1 aromatic carbocycles. The third-order valence-corrected chi connectivity index (χ3v) is 3.99. The third kappa shape index (κ3) is 2.58. The summed E-state index contributed by atoms with van der Waals surface area (Å²) in [5.41, 5.74) is 0. The highest BCUT2D eigenvalue weighted by Crippen LogP contribution is 2.26. The fourth-order valence-electron chi connectivity index (χ4n) is 2.07. The molecule has 4 nitrogen and oxygen atoms in total. The topological polar surface area (TPSA) is 47.0 Å². The van der Waals surface area contributed by atoms with Gasteiger partial charge in [-0.2, -0.15) is 0 Å². The minimum Gasteiger partial charge on any atom is -0.497 e. The van der Waals surface area contributed by atoms with Crippen LogP contribution in [0.25, 0.3) is 10.8 Å². The SMILES string of the molecule is COc1ccc2ccnc(NCc3cnc(C)s3)c2c1. The molecule has 2 aromatic heterocycles. The summed E-state index contributed by atoms with van der Waals surface area (Å²) >= 11 is 1.69. The molecule has 0 atom stereocenters. The number of pyridine rings is 1. The molecule has 0 saturated carbocycles. The number of anilines is 1. The van der Waals surface area contributed by atoms with E-state index in [9.17, 15) is 0 Å². The summed E-state index contributed by atoms with van der Waals surface area (Å²) in [4.78, 5) is 9.88. The first-order valence-corrected chi connectivity index (χ1v) is 7.16. The zero-order valence-corrected chi connectivity index (χ0v) is 12.2. The summed E-state index contributed by atoms with van der Waals surface area (Å²) in [6, 6.07) is 8.00. The van der Waals surface area contributed by atoms with Crippen LogP contribution in [0.2, 0.25) is 0 Å². The maximum absolute atomic E-state index is 5.28. The lowest BCUT2D eigenvalue weighted by Crippen LogP contribution is -2.00. The molecule has 1 N–H and O–H groups in total. The first-order chi connectivity index (χ1) is 9.76. The molecule has 2 heterocycles. The molecular formula is C15H15N3OS. The fourth-order valence-corrected chi connectivity index (χ4v) is 2.81. The number of nitrogens with zero attached hydrogens (tertiary/aromatic N) is 2. The van der Waals surface area contributed by atoms with Crippen molar-refractivity contribution in [3.8, 4) is 5.75 Å². The number of thiazole rings is 1. The molecule has 3 aromatic rings. The van der Waals surface area contributed by atoms with Gasteiger partial charge in [0.15, 0.2) is 0 Å². The molecule has 20 heavy (non-hydrogen) atoms. The number of methoxy groups -OCH3 is 1. The molecule has 0 aliphatic carbocycles. The second kappa shape index (κ2) is 5.46. The van der Waals surface area contributed by atoms with Crippen LogP contribution < -0.4 is 10.1 Å². The normalized spacial score (nSPS) is 10.7. The Hall–Kier alpha value is -2.14. The number of benzene rings is 1. The Labute approximate surface area is 121 Å². The molecule has 102 valence electrons. The lowest BCUT2D eigenvalue weighted by atomic mass is 10.1. The van der Waals surface area contributed by atoms with Crippen molar-refractivity contribution in [3.05, 3.63) is 46.5 Å². The van der Waals surface area contributed by atoms with Crippen molar-refractivity contribution in [3.63, 3.8) is 0 Å². The average molecular weight is 285 g/mol. The molecule has 0 saturated heterocycles. The highest BCUT2D eigenvalue weighted by atomic mass is 32.1. The van der Waals surface area contributed by atoms with E-state index in [4.69, 9.17) is 4.74 Å². The van der Waals surface area contributed by atoms with Gasteiger partial charge in [0.2, 0.25) is 0 Å². The Morgan fingerprint density at radius 1 is 1.25 bits per heavy atom. The van der Waals surface area contributed by atoms with Crippen molar-refractivity contribution in [1.82, 2.24) is 9.97 Å². The second-order valence-corrected chi connectivity index (χ2v) is 5.77. The van der Waals surface area contributed by atoms with Crippen LogP contribution in [0.1, 0.15) is 9.88 Å². The number of rotatable bonds is 4. The molecule has 0 amide bonds. The van der Waals surface area contributed by atoms with Crippen molar-refractivity contribution < 1.29 is 4.74 Å². The predicted molar refractivity (Wildman–Crippen MR) is 82.5 cm³/mol. The highest BCUT2D eigenvalue weighted by Gasteiger charge is 2.05. The fraction of sp³-hybridized carbons (Fsp3) is 0.200. The molecule has 0 unspecified atom stereocenters. The summed E-state index contributed by atoms with van der Waals surface area (Å²) in [5.74, 6) is 1.70. The van der Waals surface area contributed by atoms with Crippen molar-refractivity contribution in [1.29, 1.82) is 0 Å². The standard InChI is InChI=1S/C15H15N3OS/c1-10-17-8-13(20-10)9-18-15-14-7-12(19-2)4-3-11(14)5-6-16-15/h3-8H,9H2,1-2H3,(H,16,18). The minimum atomic E-state index is 0.731. The largest absolute Gasteiger partial charge is 0.497 e. The third-order valence-electron chi connectivity index (χ3n) is 3.07. The van der Waals surface area contributed by atoms with Gasteiger partial charge in [0.1, 0.15) is 11.6 Å². The zero-order valence-electron chi connectivity index (χ0n) is 11.4. The van der Waals surface area contributed by atoms with Crippen LogP contribution in [0.5, 0.6) is 5.75 Å². The molecule has 0 fully saturated rings. The van der Waals surface area contributed by atoms with E-state index >= 15 is 0 Å². The smallest absolute Gasteiger partial charge is 0.134 e. The summed E-state index contributed by atoms with van der Waals surface area (Å²) in [6.45, 7) is 2.74. The molecule has 0 spiro atoms. The Morgan fingerprint density at radius 2 is 2.15 bits per heavy atom. The van der Waals surface area contributed by atoms with E-state index in [0.717, 1.165) is 33.9 Å². The van der Waals surface area contributed by atoms with Crippen LogP contribution in [0.15, 0.2) is 36.7 Å². The van der Waals surface area contributed by atoms with Gasteiger partial charge in [-0.1, -0.05) is 6.07 Å². The quantitative estimate of drug-likeness (QED) is 0.795. The van der Waals surface area contributed by atoms with E-state index in [1.807, 2.05) is 43.6 Å². The van der Waals surface area contributed by atoms with Gasteiger partial charge in [0, 0.05) is 22.7 Å². The number of fused-ring (bicyclic) bond motifs is 1. The minimum absolute atomic E-state index is 0.731. The monoisotopic (exact) mass is 285 g/mol. The lowest BCUT2D eigenvalue weighted by Gasteiger charge is -2.09. The Morgan fingerprint density at radius 3 is 2.90 bits per heavy atom. The average Bonchev–Trinajstić information content (AvgIpc) is 2.90. The number of hydrogen-bond donors (Lipinski definition) is 1. The van der Waals surface area contributed by atoms with E-state index in [0.29, 0.717) is 0 Å². The molecule has 5 heteroatoms. The Bertz CT molecular complexity index is 739. The maximum atomic E-state index is 5.28. The second-order valence-electron chi connectivity index (χ2n) is 4.45. The van der Waals surface area contributed by atoms with E-state index < -0.39 is 0 Å². The van der Waals surface area contributed by atoms with Gasteiger partial charge in [-0.15, -0.1) is 11.3 Å². The summed E-state index contributed by atoms with van der Waals surface area (Å²) in [7, 11) is 1.67. The number of ether oxygens (including phenoxy) is 1. The van der Waals surface area contributed by atoms with Crippen LogP contribution in [0.3, 0.4) is 0 Å². The van der Waals surface area contributed by atoms with Gasteiger partial charge in [0.05, 0.1) is 18.7 Å². The first-order valence-electron chi connectivity index (χ1n) is 6.34. The van der Waals surface area contributed by atoms with Gasteiger partial charge in [-0.05, 0) is 30.5 Å². The van der Waals surface area contributed by atoms with Crippen molar-refractivity contribution >= 4 is 27.9 Å². The number of aromatic nitrogens is 2. The van der Waals surface area contributed by atoms with Crippen molar-refractivity contribution in [2.24, 2.45) is 0 Å². The molecule has 0 bridgehead atoms. The summed E-state index contributed by atoms with van der Waals surface area (Å²) in [5, 5.41) is 6.66. The van der Waals surface area contributed by atoms with Gasteiger partial charge in [-0.25, -0.2) is 9.97 Å². The first kappa shape index (κ1) is 12.9. The van der Waals surface area contributed by atoms with Gasteiger partial charge in [-0.3, -0.25) is 0 Å². The molecule has 0 radical (unpaired) electrons. The van der Waals surface area contributed by atoms with E-state index in [-0.39, 0.29) is 0 Å². The van der Waals surface area contributed by atoms with Gasteiger partial charge >= 0.3 is 0 Å². The maximum Gasteiger partial charge on any atom is 0.134 e. The van der Waals surface area contributed by atoms with E-state index in [1.165, 1.54) is 4.88 Å². The van der Waals surface area contributed by atoms with Crippen LogP contribution in [-0.4, -0.2) is 17.1 Å². The van der Waals surface area contributed by atoms with Gasteiger partial charge in [0.25, 0.3) is 0 Å². The summed E-state index contributed by atoms with van der Waals surface area (Å²) in [6.07, 6.45) is 3.72. The van der Waals surface area contributed by atoms with Crippen LogP contribution in [0, 0.1) is 6.92 Å². The van der Waals surface area contributed by atoms with Crippen molar-refractivity contribution in [2.45, 2.75) is 13.5 Å².